The number of amides is 2. The van der Waals surface area contributed by atoms with Crippen LogP contribution in [-0.4, -0.2) is 40.9 Å². The largest absolute Gasteiger partial charge is 0.481 e. The molecule has 2 atom stereocenters. The Morgan fingerprint density at radius 3 is 2.26 bits per heavy atom. The van der Waals surface area contributed by atoms with Gasteiger partial charge in [-0.15, -0.1) is 11.3 Å². The standard InChI is InChI=1S/C20H26N2O4S/c23-17(15-12-4-6-13(7-5-12)16(15)20(25)26)21-18-14(8-11-27-18)19(24)22-9-2-1-3-10-22/h8,11-13,15-16H,1-7,9-10H2,(H,21,23)(H,25,26)/t12?,13?,15-,16+/m1/s1. The van der Waals surface area contributed by atoms with E-state index >= 15 is 0 Å². The highest BCUT2D eigenvalue weighted by molar-refractivity contribution is 7.14. The van der Waals surface area contributed by atoms with Gasteiger partial charge < -0.3 is 15.3 Å². The summed E-state index contributed by atoms with van der Waals surface area (Å²) in [5.41, 5.74) is 0.531. The van der Waals surface area contributed by atoms with E-state index in [1.807, 2.05) is 10.3 Å². The van der Waals surface area contributed by atoms with E-state index in [2.05, 4.69) is 5.32 Å². The van der Waals surface area contributed by atoms with Gasteiger partial charge in [-0.1, -0.05) is 0 Å². The fourth-order valence-electron chi connectivity index (χ4n) is 5.22. The van der Waals surface area contributed by atoms with Gasteiger partial charge in [0.1, 0.15) is 5.00 Å². The summed E-state index contributed by atoms with van der Waals surface area (Å²) < 4.78 is 0. The van der Waals surface area contributed by atoms with Gasteiger partial charge >= 0.3 is 5.97 Å². The number of likely N-dealkylation sites (tertiary alicyclic amines) is 1. The van der Waals surface area contributed by atoms with Gasteiger partial charge in [-0.2, -0.15) is 0 Å². The number of thiophene rings is 1. The summed E-state index contributed by atoms with van der Waals surface area (Å²) in [6, 6.07) is 1.76. The van der Waals surface area contributed by atoms with Crippen molar-refractivity contribution in [3.8, 4) is 0 Å². The number of anilines is 1. The Kier molecular flexibility index (Phi) is 5.21. The zero-order valence-electron chi connectivity index (χ0n) is 15.4. The minimum absolute atomic E-state index is 0.0359. The highest BCUT2D eigenvalue weighted by Crippen LogP contribution is 2.49. The lowest BCUT2D eigenvalue weighted by molar-refractivity contribution is -0.156. The number of hydrogen-bond acceptors (Lipinski definition) is 4. The number of rotatable bonds is 4. The molecule has 3 aliphatic carbocycles. The van der Waals surface area contributed by atoms with Crippen LogP contribution in [0.5, 0.6) is 0 Å². The monoisotopic (exact) mass is 390 g/mol. The predicted molar refractivity (Wildman–Crippen MR) is 103 cm³/mol. The van der Waals surface area contributed by atoms with Crippen molar-refractivity contribution in [1.29, 1.82) is 0 Å². The lowest BCUT2D eigenvalue weighted by Crippen LogP contribution is -2.49. The molecule has 146 valence electrons. The molecule has 5 rings (SSSR count). The second-order valence-corrected chi connectivity index (χ2v) is 8.99. The van der Waals surface area contributed by atoms with E-state index < -0.39 is 17.8 Å². The molecule has 1 aromatic heterocycles. The summed E-state index contributed by atoms with van der Waals surface area (Å²) in [6.07, 6.45) is 6.85. The molecule has 0 spiro atoms. The Hall–Kier alpha value is -1.89. The zero-order valence-corrected chi connectivity index (χ0v) is 16.2. The number of carboxylic acid groups (broad SMARTS) is 1. The van der Waals surface area contributed by atoms with Crippen LogP contribution in [0.25, 0.3) is 0 Å². The number of hydrogen-bond donors (Lipinski definition) is 2. The number of nitrogens with zero attached hydrogens (tertiary/aromatic N) is 1. The number of carboxylic acids is 1. The molecule has 7 heteroatoms. The van der Waals surface area contributed by atoms with E-state index in [-0.39, 0.29) is 23.7 Å². The van der Waals surface area contributed by atoms with E-state index in [9.17, 15) is 19.5 Å². The summed E-state index contributed by atoms with van der Waals surface area (Å²) >= 11 is 1.34. The molecule has 0 unspecified atom stereocenters. The summed E-state index contributed by atoms with van der Waals surface area (Å²) in [6.45, 7) is 1.52. The van der Waals surface area contributed by atoms with Crippen LogP contribution in [0.4, 0.5) is 5.00 Å². The molecule has 2 amide bonds. The first-order valence-electron chi connectivity index (χ1n) is 9.96. The molecule has 27 heavy (non-hydrogen) atoms. The van der Waals surface area contributed by atoms with Crippen molar-refractivity contribution in [1.82, 2.24) is 4.90 Å². The second kappa shape index (κ2) is 7.62. The van der Waals surface area contributed by atoms with Gasteiger partial charge in [0.15, 0.2) is 0 Å². The quantitative estimate of drug-likeness (QED) is 0.824. The number of aliphatic carboxylic acids is 1. The summed E-state index contributed by atoms with van der Waals surface area (Å²) in [7, 11) is 0. The van der Waals surface area contributed by atoms with E-state index in [1.54, 1.807) is 6.07 Å². The minimum atomic E-state index is -0.861. The third-order valence-corrected chi connectivity index (χ3v) is 7.41. The molecule has 1 aromatic rings. The molecular formula is C20H26N2O4S. The molecule has 2 bridgehead atoms. The smallest absolute Gasteiger partial charge is 0.307 e. The van der Waals surface area contributed by atoms with Gasteiger partial charge in [0.25, 0.3) is 5.91 Å². The first-order chi connectivity index (χ1) is 13.1. The van der Waals surface area contributed by atoms with Crippen molar-refractivity contribution in [3.05, 3.63) is 17.0 Å². The van der Waals surface area contributed by atoms with Gasteiger partial charge in [0.05, 0.1) is 17.4 Å². The van der Waals surface area contributed by atoms with Crippen LogP contribution in [0, 0.1) is 23.7 Å². The molecule has 2 heterocycles. The number of fused-ring (bicyclic) bond motifs is 3. The van der Waals surface area contributed by atoms with E-state index in [1.165, 1.54) is 11.3 Å². The third-order valence-electron chi connectivity index (χ3n) is 6.58. The van der Waals surface area contributed by atoms with Crippen molar-refractivity contribution < 1.29 is 19.5 Å². The number of carbonyl (C=O) groups excluding carboxylic acids is 2. The highest BCUT2D eigenvalue weighted by Gasteiger charge is 2.50. The Balaban J connectivity index is 1.51. The maximum absolute atomic E-state index is 13.0. The lowest BCUT2D eigenvalue weighted by atomic mass is 9.58. The van der Waals surface area contributed by atoms with Gasteiger partial charge in [0.2, 0.25) is 5.91 Å². The number of nitrogens with one attached hydrogen (secondary N) is 1. The summed E-state index contributed by atoms with van der Waals surface area (Å²) in [5.74, 6) is -1.98. The van der Waals surface area contributed by atoms with Gasteiger partial charge in [-0.05, 0) is 68.2 Å². The Morgan fingerprint density at radius 1 is 1.00 bits per heavy atom. The van der Waals surface area contributed by atoms with Crippen LogP contribution in [0.15, 0.2) is 11.4 Å². The van der Waals surface area contributed by atoms with Crippen LogP contribution in [0.1, 0.15) is 55.3 Å². The average molecular weight is 391 g/mol. The second-order valence-electron chi connectivity index (χ2n) is 8.07. The van der Waals surface area contributed by atoms with Crippen molar-refractivity contribution in [2.24, 2.45) is 23.7 Å². The first-order valence-corrected chi connectivity index (χ1v) is 10.8. The van der Waals surface area contributed by atoms with Crippen molar-refractivity contribution >= 4 is 34.1 Å². The fraction of sp³-hybridized carbons (Fsp3) is 0.650. The van der Waals surface area contributed by atoms with E-state index in [0.717, 1.165) is 58.0 Å². The zero-order chi connectivity index (χ0) is 19.0. The molecule has 4 fully saturated rings. The maximum atomic E-state index is 13.0. The molecule has 3 saturated carbocycles. The van der Waals surface area contributed by atoms with Crippen LogP contribution in [-0.2, 0) is 9.59 Å². The average Bonchev–Trinajstić information content (AvgIpc) is 3.16. The van der Waals surface area contributed by atoms with E-state index in [4.69, 9.17) is 0 Å². The fourth-order valence-corrected chi connectivity index (χ4v) is 6.00. The van der Waals surface area contributed by atoms with Crippen molar-refractivity contribution in [2.45, 2.75) is 44.9 Å². The molecule has 1 saturated heterocycles. The summed E-state index contributed by atoms with van der Waals surface area (Å²) in [4.78, 5) is 39.5. The van der Waals surface area contributed by atoms with Crippen LogP contribution in [0.2, 0.25) is 0 Å². The maximum Gasteiger partial charge on any atom is 0.307 e. The first kappa shape index (κ1) is 18.5. The van der Waals surface area contributed by atoms with Gasteiger partial charge in [0, 0.05) is 13.1 Å². The molecule has 2 N–H and O–H groups in total. The number of piperidine rings is 1. The van der Waals surface area contributed by atoms with Crippen LogP contribution >= 0.6 is 11.3 Å². The van der Waals surface area contributed by atoms with E-state index in [0.29, 0.717) is 10.6 Å². The number of carbonyl (C=O) groups is 3. The molecular weight excluding hydrogens is 364 g/mol. The van der Waals surface area contributed by atoms with Crippen LogP contribution in [0.3, 0.4) is 0 Å². The van der Waals surface area contributed by atoms with Crippen LogP contribution < -0.4 is 5.32 Å². The molecule has 0 aromatic carbocycles. The van der Waals surface area contributed by atoms with Gasteiger partial charge in [-0.3, -0.25) is 14.4 Å². The topological polar surface area (TPSA) is 86.7 Å². The summed E-state index contributed by atoms with van der Waals surface area (Å²) in [5, 5.41) is 15.0. The lowest BCUT2D eigenvalue weighted by Gasteiger charge is -2.45. The molecule has 0 radical (unpaired) electrons. The predicted octanol–water partition coefficient (Wildman–Crippen LogP) is 3.45. The Labute approximate surface area is 162 Å². The Bertz CT molecular complexity index is 732. The minimum Gasteiger partial charge on any atom is -0.481 e. The van der Waals surface area contributed by atoms with Gasteiger partial charge in [-0.25, -0.2) is 0 Å². The van der Waals surface area contributed by atoms with Crippen molar-refractivity contribution in [3.63, 3.8) is 0 Å². The normalized spacial score (nSPS) is 30.1. The Morgan fingerprint density at radius 2 is 1.63 bits per heavy atom. The third kappa shape index (κ3) is 3.49. The van der Waals surface area contributed by atoms with Crippen molar-refractivity contribution in [2.75, 3.05) is 18.4 Å². The highest BCUT2D eigenvalue weighted by atomic mass is 32.1. The molecule has 6 nitrogen and oxygen atoms in total. The SMILES string of the molecule is O=C(Nc1sccc1C(=O)N1CCCCC1)[C@@H]1C2CCC(CC2)[C@@H]1C(=O)O. The molecule has 1 aliphatic heterocycles. The molecule has 4 aliphatic rings.